The number of carboxylic acid groups (broad SMARTS) is 1. The molecule has 0 amide bonds. The maximum atomic E-state index is 11.0. The molecule has 3 rings (SSSR count). The fraction of sp³-hybridized carbons (Fsp3) is 0.273. The predicted molar refractivity (Wildman–Crippen MR) is 105 cm³/mol. The zero-order valence-corrected chi connectivity index (χ0v) is 16.5. The Morgan fingerprint density at radius 3 is 2.30 bits per heavy atom. The maximum absolute atomic E-state index is 11.0. The molecule has 0 radical (unpaired) electrons. The van der Waals surface area contributed by atoms with Crippen molar-refractivity contribution in [3.63, 3.8) is 0 Å². The Morgan fingerprint density at radius 2 is 1.70 bits per heavy atom. The molecule has 5 heteroatoms. The quantitative estimate of drug-likeness (QED) is 0.626. The zero-order valence-electron chi connectivity index (χ0n) is 15.7. The highest BCUT2D eigenvalue weighted by atomic mass is 32.1. The van der Waals surface area contributed by atoms with Gasteiger partial charge >= 0.3 is 0 Å². The number of nitrogens with zero attached hydrogens (tertiary/aromatic N) is 1. The first-order valence-electron chi connectivity index (χ1n) is 8.84. The fourth-order valence-corrected chi connectivity index (χ4v) is 3.87. The molecule has 140 valence electrons. The number of aromatic nitrogens is 1. The van der Waals surface area contributed by atoms with E-state index in [0.29, 0.717) is 18.7 Å². The summed E-state index contributed by atoms with van der Waals surface area (Å²) in [5.74, 6) is -0.384. The van der Waals surface area contributed by atoms with E-state index in [-0.39, 0.29) is 10.3 Å². The lowest BCUT2D eigenvalue weighted by molar-refractivity contribution is -0.254. The van der Waals surface area contributed by atoms with Gasteiger partial charge in [-0.3, -0.25) is 0 Å². The third-order valence-electron chi connectivity index (χ3n) is 4.68. The van der Waals surface area contributed by atoms with E-state index < -0.39 is 5.97 Å². The molecule has 0 atom stereocenters. The van der Waals surface area contributed by atoms with E-state index >= 15 is 0 Å². The molecule has 0 saturated carbocycles. The molecule has 0 aliphatic carbocycles. The lowest BCUT2D eigenvalue weighted by Gasteiger charge is -2.26. The van der Waals surface area contributed by atoms with Crippen molar-refractivity contribution in [3.8, 4) is 5.75 Å². The lowest BCUT2D eigenvalue weighted by atomic mass is 9.78. The number of thiazole rings is 1. The second-order valence-corrected chi connectivity index (χ2v) is 8.01. The lowest BCUT2D eigenvalue weighted by Crippen LogP contribution is -2.21. The summed E-state index contributed by atoms with van der Waals surface area (Å²) in [6, 6.07) is 18.5. The van der Waals surface area contributed by atoms with Crippen molar-refractivity contribution in [2.24, 2.45) is 0 Å². The topological polar surface area (TPSA) is 62.2 Å². The summed E-state index contributed by atoms with van der Waals surface area (Å²) in [6.07, 6.45) is 0.566. The van der Waals surface area contributed by atoms with Crippen LogP contribution in [0.3, 0.4) is 0 Å². The van der Waals surface area contributed by atoms with E-state index in [1.54, 1.807) is 6.92 Å². The molecule has 0 aliphatic heterocycles. The van der Waals surface area contributed by atoms with Crippen LogP contribution in [0.4, 0.5) is 0 Å². The molecule has 0 fully saturated rings. The predicted octanol–water partition coefficient (Wildman–Crippen LogP) is 3.76. The van der Waals surface area contributed by atoms with Gasteiger partial charge < -0.3 is 14.6 Å². The minimum atomic E-state index is -1.17. The van der Waals surface area contributed by atoms with Crippen molar-refractivity contribution in [1.82, 2.24) is 4.98 Å². The van der Waals surface area contributed by atoms with Gasteiger partial charge in [0.15, 0.2) is 0 Å². The molecule has 0 aliphatic rings. The van der Waals surface area contributed by atoms with Crippen LogP contribution in [0.2, 0.25) is 0 Å². The number of carbonyl (C=O) groups is 1. The number of aromatic carboxylic acids is 1. The molecule has 3 aromatic rings. The van der Waals surface area contributed by atoms with Gasteiger partial charge in [-0.15, -0.1) is 11.3 Å². The number of carbonyl (C=O) groups excluding carboxylic acids is 1. The Bertz CT molecular complexity index is 914. The fourth-order valence-electron chi connectivity index (χ4n) is 2.99. The SMILES string of the molecule is Cc1nc(CCOc2ccc(C(C)(C)c3ccccc3)cc2)sc1C(=O)[O-]. The first-order chi connectivity index (χ1) is 12.9. The second-order valence-electron chi connectivity index (χ2n) is 6.92. The molecule has 2 aromatic carbocycles. The Morgan fingerprint density at radius 1 is 1.07 bits per heavy atom. The van der Waals surface area contributed by atoms with Crippen LogP contribution in [0, 0.1) is 6.92 Å². The van der Waals surface area contributed by atoms with Crippen molar-refractivity contribution in [1.29, 1.82) is 0 Å². The Balaban J connectivity index is 1.61. The van der Waals surface area contributed by atoms with Crippen LogP contribution in [-0.4, -0.2) is 17.6 Å². The molecular weight excluding hydrogens is 358 g/mol. The number of benzene rings is 2. The number of ether oxygens (including phenoxy) is 1. The van der Waals surface area contributed by atoms with E-state index in [9.17, 15) is 9.90 Å². The highest BCUT2D eigenvalue weighted by Gasteiger charge is 2.22. The number of carboxylic acids is 1. The van der Waals surface area contributed by atoms with Gasteiger partial charge in [0.2, 0.25) is 0 Å². The highest BCUT2D eigenvalue weighted by molar-refractivity contribution is 7.13. The van der Waals surface area contributed by atoms with Crippen LogP contribution in [-0.2, 0) is 11.8 Å². The van der Waals surface area contributed by atoms with Crippen molar-refractivity contribution in [2.75, 3.05) is 6.61 Å². The first-order valence-corrected chi connectivity index (χ1v) is 9.66. The summed E-state index contributed by atoms with van der Waals surface area (Å²) >= 11 is 1.15. The third kappa shape index (κ3) is 4.37. The molecule has 0 N–H and O–H groups in total. The van der Waals surface area contributed by atoms with E-state index in [1.165, 1.54) is 11.1 Å². The van der Waals surface area contributed by atoms with Crippen molar-refractivity contribution >= 4 is 17.3 Å². The van der Waals surface area contributed by atoms with E-state index in [4.69, 9.17) is 4.74 Å². The molecule has 27 heavy (non-hydrogen) atoms. The molecule has 1 aromatic heterocycles. The third-order valence-corrected chi connectivity index (χ3v) is 5.88. The van der Waals surface area contributed by atoms with Gasteiger partial charge in [0.1, 0.15) is 5.75 Å². The van der Waals surface area contributed by atoms with Gasteiger partial charge in [-0.25, -0.2) is 4.98 Å². The Kier molecular flexibility index (Phi) is 5.61. The van der Waals surface area contributed by atoms with Crippen LogP contribution < -0.4 is 9.84 Å². The van der Waals surface area contributed by atoms with Gasteiger partial charge in [0.05, 0.1) is 28.2 Å². The summed E-state index contributed by atoms with van der Waals surface area (Å²) in [7, 11) is 0. The normalized spacial score (nSPS) is 11.4. The monoisotopic (exact) mass is 380 g/mol. The van der Waals surface area contributed by atoms with Gasteiger partial charge in [-0.05, 0) is 30.2 Å². The Labute approximate surface area is 163 Å². The Hall–Kier alpha value is -2.66. The number of hydrogen-bond acceptors (Lipinski definition) is 5. The summed E-state index contributed by atoms with van der Waals surface area (Å²) in [4.78, 5) is 15.4. The summed E-state index contributed by atoms with van der Waals surface area (Å²) in [6.45, 7) is 6.54. The summed E-state index contributed by atoms with van der Waals surface area (Å²) in [5.41, 5.74) is 2.90. The standard InChI is InChI=1S/C22H23NO3S/c1-15-20(21(24)25)27-19(23-15)13-14-26-18-11-9-17(10-12-18)22(2,3)16-7-5-4-6-8-16/h4-12H,13-14H2,1-3H3,(H,24,25)/p-1. The number of rotatable bonds is 7. The van der Waals surface area contributed by atoms with Crippen LogP contribution in [0.15, 0.2) is 54.6 Å². The van der Waals surface area contributed by atoms with Gasteiger partial charge in [-0.1, -0.05) is 56.3 Å². The summed E-state index contributed by atoms with van der Waals surface area (Å²) in [5, 5.41) is 11.7. The molecule has 0 saturated heterocycles. The minimum Gasteiger partial charge on any atom is -0.544 e. The van der Waals surface area contributed by atoms with Gasteiger partial charge in [0.25, 0.3) is 0 Å². The molecular formula is C22H22NO3S-. The van der Waals surface area contributed by atoms with E-state index in [1.807, 2.05) is 18.2 Å². The minimum absolute atomic E-state index is 0.0839. The molecule has 1 heterocycles. The summed E-state index contributed by atoms with van der Waals surface area (Å²) < 4.78 is 5.80. The van der Waals surface area contributed by atoms with Crippen LogP contribution in [0.5, 0.6) is 5.75 Å². The molecule has 0 bridgehead atoms. The molecule has 0 spiro atoms. The van der Waals surface area contributed by atoms with Gasteiger partial charge in [0, 0.05) is 11.8 Å². The first kappa shape index (κ1) is 19.1. The van der Waals surface area contributed by atoms with E-state index in [0.717, 1.165) is 22.1 Å². The molecule has 4 nitrogen and oxygen atoms in total. The van der Waals surface area contributed by atoms with E-state index in [2.05, 4.69) is 55.2 Å². The smallest absolute Gasteiger partial charge is 0.119 e. The van der Waals surface area contributed by atoms with Crippen LogP contribution >= 0.6 is 11.3 Å². The largest absolute Gasteiger partial charge is 0.544 e. The number of hydrogen-bond donors (Lipinski definition) is 0. The van der Waals surface area contributed by atoms with Crippen molar-refractivity contribution in [2.45, 2.75) is 32.6 Å². The van der Waals surface area contributed by atoms with Crippen molar-refractivity contribution in [3.05, 3.63) is 81.3 Å². The highest BCUT2D eigenvalue weighted by Crippen LogP contribution is 2.32. The average molecular weight is 380 g/mol. The van der Waals surface area contributed by atoms with Gasteiger partial charge in [-0.2, -0.15) is 0 Å². The average Bonchev–Trinajstić information content (AvgIpc) is 3.04. The second kappa shape index (κ2) is 7.92. The maximum Gasteiger partial charge on any atom is 0.119 e. The van der Waals surface area contributed by atoms with Crippen molar-refractivity contribution < 1.29 is 14.6 Å². The number of aryl methyl sites for hydroxylation is 1. The zero-order chi connectivity index (χ0) is 19.4. The molecule has 0 unspecified atom stereocenters. The van der Waals surface area contributed by atoms with Crippen LogP contribution in [0.1, 0.15) is 45.3 Å². The van der Waals surface area contributed by atoms with Crippen LogP contribution in [0.25, 0.3) is 0 Å².